The van der Waals surface area contributed by atoms with Gasteiger partial charge in [-0.25, -0.2) is 9.97 Å². The van der Waals surface area contributed by atoms with Gasteiger partial charge in [0.1, 0.15) is 33.2 Å². The van der Waals surface area contributed by atoms with Crippen LogP contribution in [0.1, 0.15) is 48.7 Å². The maximum Gasteiger partial charge on any atom is 0.259 e. The highest BCUT2D eigenvalue weighted by Crippen LogP contribution is 2.36. The van der Waals surface area contributed by atoms with Gasteiger partial charge in [0, 0.05) is 30.8 Å². The van der Waals surface area contributed by atoms with Crippen LogP contribution in [-0.2, 0) is 11.2 Å². The molecular formula is C23H25ClN8O3S. The van der Waals surface area contributed by atoms with Gasteiger partial charge < -0.3 is 26.0 Å². The molecule has 0 aromatic carbocycles. The zero-order valence-electron chi connectivity index (χ0n) is 19.8. The summed E-state index contributed by atoms with van der Waals surface area (Å²) in [4.78, 5) is 35.3. The number of nitrogens with zero attached hydrogens (tertiary/aromatic N) is 4. The number of aromatic nitrogens is 3. The molecule has 0 atom stereocenters. The van der Waals surface area contributed by atoms with Crippen molar-refractivity contribution in [1.82, 2.24) is 19.7 Å². The maximum absolute atomic E-state index is 13.3. The Balaban J connectivity index is 1.52. The number of carbonyl (C=O) groups excluding carboxylic acids is 2. The van der Waals surface area contributed by atoms with Crippen molar-refractivity contribution in [2.45, 2.75) is 39.7 Å². The fourth-order valence-corrected chi connectivity index (χ4v) is 4.61. The minimum atomic E-state index is -0.262. The Hall–Kier alpha value is -3.77. The minimum absolute atomic E-state index is 0.00782. The van der Waals surface area contributed by atoms with E-state index in [1.54, 1.807) is 30.0 Å². The summed E-state index contributed by atoms with van der Waals surface area (Å²) in [5.41, 5.74) is 1.98. The Morgan fingerprint density at radius 1 is 1.33 bits per heavy atom. The average Bonchev–Trinajstić information content (AvgIpc) is 3.42. The number of rotatable bonds is 7. The van der Waals surface area contributed by atoms with E-state index in [0.29, 0.717) is 47.3 Å². The van der Waals surface area contributed by atoms with Crippen LogP contribution in [0.5, 0.6) is 5.88 Å². The van der Waals surface area contributed by atoms with Crippen LogP contribution in [-0.4, -0.2) is 49.7 Å². The van der Waals surface area contributed by atoms with Gasteiger partial charge in [0.15, 0.2) is 0 Å². The molecule has 0 fully saturated rings. The molecule has 0 saturated heterocycles. The molecule has 0 saturated carbocycles. The second-order valence-corrected chi connectivity index (χ2v) is 9.50. The predicted molar refractivity (Wildman–Crippen MR) is 140 cm³/mol. The summed E-state index contributed by atoms with van der Waals surface area (Å²) in [7, 11) is 0. The molecule has 4 heterocycles. The molecule has 4 rings (SSSR count). The molecule has 3 aromatic rings. The molecule has 3 aromatic heterocycles. The lowest BCUT2D eigenvalue weighted by Crippen LogP contribution is -2.30. The molecule has 36 heavy (non-hydrogen) atoms. The van der Waals surface area contributed by atoms with Crippen LogP contribution < -0.4 is 20.9 Å². The number of amides is 2. The zero-order valence-corrected chi connectivity index (χ0v) is 21.4. The van der Waals surface area contributed by atoms with Gasteiger partial charge in [-0.1, -0.05) is 18.5 Å². The molecule has 5 N–H and O–H groups in total. The fraction of sp³-hybridized carbons (Fsp3) is 0.304. The van der Waals surface area contributed by atoms with E-state index in [4.69, 9.17) is 17.0 Å². The number of nitrogens with one attached hydrogen (secondary N) is 4. The van der Waals surface area contributed by atoms with Gasteiger partial charge in [-0.15, -0.1) is 0 Å². The van der Waals surface area contributed by atoms with Gasteiger partial charge in [-0.3, -0.25) is 15.0 Å². The third-order valence-electron chi connectivity index (χ3n) is 5.38. The van der Waals surface area contributed by atoms with Gasteiger partial charge in [0.25, 0.3) is 5.91 Å². The molecule has 0 bridgehead atoms. The zero-order chi connectivity index (χ0) is 26.0. The van der Waals surface area contributed by atoms with Crippen LogP contribution in [0.15, 0.2) is 24.4 Å². The third kappa shape index (κ3) is 5.24. The first-order valence-corrected chi connectivity index (χ1v) is 12.4. The van der Waals surface area contributed by atoms with Gasteiger partial charge in [-0.2, -0.15) is 4.37 Å². The molecule has 11 nitrogen and oxygen atoms in total. The predicted octanol–water partition coefficient (Wildman–Crippen LogP) is 3.91. The Morgan fingerprint density at radius 3 is 2.78 bits per heavy atom. The SMILES string of the molecule is CCC(=O)Nc1nc(Cl)cc2c1CCN2C(=O)c1ccc(Nc2snc(O)c2C(=N)NC(C)C)nc1. The minimum Gasteiger partial charge on any atom is -0.492 e. The van der Waals surface area contributed by atoms with Crippen LogP contribution in [0.2, 0.25) is 5.15 Å². The lowest BCUT2D eigenvalue weighted by molar-refractivity contribution is -0.115. The molecule has 0 spiro atoms. The van der Waals surface area contributed by atoms with Gasteiger partial charge in [-0.05, 0) is 50.0 Å². The van der Waals surface area contributed by atoms with Crippen LogP contribution in [0.25, 0.3) is 0 Å². The molecule has 0 radical (unpaired) electrons. The van der Waals surface area contributed by atoms with Crippen molar-refractivity contribution in [1.29, 1.82) is 5.41 Å². The van der Waals surface area contributed by atoms with Gasteiger partial charge >= 0.3 is 0 Å². The number of aromatic hydroxyl groups is 1. The first-order chi connectivity index (χ1) is 17.2. The standard InChI is InChI=1S/C23H25ClN8O3S/c1-4-17(33)30-20-13-7-8-32(14(13)9-15(24)28-20)23(35)12-5-6-16(26-10-12)29-22-18(21(34)31-36-22)19(25)27-11(2)3/h5-6,9-11H,4,7-8H2,1-3H3,(H2,25,27)(H,26,29)(H,31,34)(H,28,30,33). The topological polar surface area (TPSA) is 156 Å². The number of fused-ring (bicyclic) bond motifs is 1. The molecule has 0 unspecified atom stereocenters. The van der Waals surface area contributed by atoms with E-state index in [1.807, 2.05) is 13.8 Å². The highest BCUT2D eigenvalue weighted by Gasteiger charge is 2.29. The summed E-state index contributed by atoms with van der Waals surface area (Å²) in [5.74, 6) is 0.146. The first kappa shape index (κ1) is 25.3. The van der Waals surface area contributed by atoms with Crippen molar-refractivity contribution >= 4 is 63.1 Å². The van der Waals surface area contributed by atoms with E-state index in [2.05, 4.69) is 30.3 Å². The number of carbonyl (C=O) groups is 2. The van der Waals surface area contributed by atoms with Crippen molar-refractivity contribution in [2.24, 2.45) is 0 Å². The van der Waals surface area contributed by atoms with E-state index in [0.717, 1.165) is 17.1 Å². The summed E-state index contributed by atoms with van der Waals surface area (Å²) in [6.07, 6.45) is 2.28. The van der Waals surface area contributed by atoms with E-state index in [1.165, 1.54) is 6.20 Å². The van der Waals surface area contributed by atoms with Crippen molar-refractivity contribution in [3.05, 3.63) is 46.2 Å². The molecule has 1 aliphatic heterocycles. The van der Waals surface area contributed by atoms with Crippen LogP contribution in [0, 0.1) is 5.41 Å². The smallest absolute Gasteiger partial charge is 0.259 e. The van der Waals surface area contributed by atoms with Gasteiger partial charge in [0.05, 0.1) is 11.3 Å². The summed E-state index contributed by atoms with van der Waals surface area (Å²) in [5, 5.41) is 27.7. The van der Waals surface area contributed by atoms with Crippen molar-refractivity contribution in [3.63, 3.8) is 0 Å². The third-order valence-corrected chi connectivity index (χ3v) is 6.33. The number of hydrogen-bond donors (Lipinski definition) is 5. The van der Waals surface area contributed by atoms with Crippen LogP contribution >= 0.6 is 23.1 Å². The molecule has 13 heteroatoms. The quantitative estimate of drug-likeness (QED) is 0.175. The highest BCUT2D eigenvalue weighted by molar-refractivity contribution is 7.11. The summed E-state index contributed by atoms with van der Waals surface area (Å²) in [6.45, 7) is 5.94. The molecule has 0 aliphatic carbocycles. The lowest BCUT2D eigenvalue weighted by atomic mass is 10.2. The summed E-state index contributed by atoms with van der Waals surface area (Å²) in [6, 6.07) is 4.89. The Labute approximate surface area is 216 Å². The van der Waals surface area contributed by atoms with Crippen LogP contribution in [0.3, 0.4) is 0 Å². The summed E-state index contributed by atoms with van der Waals surface area (Å²) >= 11 is 7.17. The molecule has 188 valence electrons. The Morgan fingerprint density at radius 2 is 2.11 bits per heavy atom. The number of halogens is 1. The maximum atomic E-state index is 13.3. The molecule has 1 aliphatic rings. The number of amidine groups is 1. The van der Waals surface area contributed by atoms with Crippen molar-refractivity contribution in [3.8, 4) is 5.88 Å². The number of anilines is 4. The Bertz CT molecular complexity index is 1330. The second-order valence-electron chi connectivity index (χ2n) is 8.34. The first-order valence-electron chi connectivity index (χ1n) is 11.3. The molecular weight excluding hydrogens is 504 g/mol. The van der Waals surface area contributed by atoms with Crippen LogP contribution in [0.4, 0.5) is 22.3 Å². The number of pyridine rings is 2. The largest absolute Gasteiger partial charge is 0.492 e. The van der Waals surface area contributed by atoms with E-state index < -0.39 is 0 Å². The lowest BCUT2D eigenvalue weighted by Gasteiger charge is -2.18. The molecule has 2 amide bonds. The van der Waals surface area contributed by atoms with Crippen molar-refractivity contribution in [2.75, 3.05) is 22.1 Å². The fourth-order valence-electron chi connectivity index (χ4n) is 3.71. The van der Waals surface area contributed by atoms with E-state index in [-0.39, 0.29) is 40.3 Å². The Kier molecular flexibility index (Phi) is 7.36. The normalized spacial score (nSPS) is 12.4. The highest BCUT2D eigenvalue weighted by atomic mass is 35.5. The second kappa shape index (κ2) is 10.5. The van der Waals surface area contributed by atoms with Gasteiger partial charge in [0.2, 0.25) is 11.8 Å². The monoisotopic (exact) mass is 528 g/mol. The summed E-state index contributed by atoms with van der Waals surface area (Å²) < 4.78 is 3.92. The van der Waals surface area contributed by atoms with E-state index in [9.17, 15) is 14.7 Å². The average molecular weight is 529 g/mol. The van der Waals surface area contributed by atoms with E-state index >= 15 is 0 Å². The number of hydrogen-bond acceptors (Lipinski definition) is 9. The van der Waals surface area contributed by atoms with Crippen molar-refractivity contribution < 1.29 is 14.7 Å².